The van der Waals surface area contributed by atoms with Crippen LogP contribution in [0.3, 0.4) is 0 Å². The topological polar surface area (TPSA) is 78.9 Å². The Balaban J connectivity index is 1.85. The first-order chi connectivity index (χ1) is 12.7. The Morgan fingerprint density at radius 2 is 1.96 bits per heavy atom. The van der Waals surface area contributed by atoms with Gasteiger partial charge in [-0.05, 0) is 56.3 Å². The highest BCUT2D eigenvalue weighted by Gasteiger charge is 2.35. The number of hydrogen-bond acceptors (Lipinski definition) is 4. The lowest BCUT2D eigenvalue weighted by Crippen LogP contribution is -2.56. The first-order valence-electron chi connectivity index (χ1n) is 9.74. The van der Waals surface area contributed by atoms with Gasteiger partial charge in [0.25, 0.3) is 5.91 Å². The quantitative estimate of drug-likeness (QED) is 0.693. The molecule has 0 spiro atoms. The summed E-state index contributed by atoms with van der Waals surface area (Å²) in [4.78, 5) is 25.3. The molecule has 2 rings (SSSR count). The standard InChI is InChI=1S/C21H32N2O4/c1-6-23(12-20(24)25)18-10-17(11-18)22-21(26)15(5)27-19-9-16(13(2)3)8-7-14(19)4/h7-9,13,15,17-18H,6,10-12H2,1-5H3,(H,22,26)(H,24,25). The molecule has 1 aliphatic rings. The average Bonchev–Trinajstić information content (AvgIpc) is 2.57. The number of benzene rings is 1. The molecule has 1 atom stereocenters. The average molecular weight is 376 g/mol. The van der Waals surface area contributed by atoms with Gasteiger partial charge in [0.05, 0.1) is 6.54 Å². The molecule has 1 saturated carbocycles. The van der Waals surface area contributed by atoms with E-state index in [2.05, 4.69) is 25.2 Å². The van der Waals surface area contributed by atoms with Crippen molar-refractivity contribution in [3.8, 4) is 5.75 Å². The minimum atomic E-state index is -0.814. The van der Waals surface area contributed by atoms with E-state index < -0.39 is 12.1 Å². The van der Waals surface area contributed by atoms with Crippen molar-refractivity contribution in [1.82, 2.24) is 10.2 Å². The summed E-state index contributed by atoms with van der Waals surface area (Å²) in [6.45, 7) is 10.7. The lowest BCUT2D eigenvalue weighted by molar-refractivity contribution is -0.140. The summed E-state index contributed by atoms with van der Waals surface area (Å²) in [5, 5.41) is 12.0. The summed E-state index contributed by atoms with van der Waals surface area (Å²) in [7, 11) is 0. The molecule has 2 N–H and O–H groups in total. The number of carbonyl (C=O) groups excluding carboxylic acids is 1. The molecular weight excluding hydrogens is 344 g/mol. The van der Waals surface area contributed by atoms with Crippen LogP contribution in [0.1, 0.15) is 57.6 Å². The largest absolute Gasteiger partial charge is 0.481 e. The monoisotopic (exact) mass is 376 g/mol. The van der Waals surface area contributed by atoms with Crippen molar-refractivity contribution in [3.63, 3.8) is 0 Å². The van der Waals surface area contributed by atoms with Crippen LogP contribution in [0.15, 0.2) is 18.2 Å². The minimum absolute atomic E-state index is 0.0484. The second-order valence-electron chi connectivity index (χ2n) is 7.73. The van der Waals surface area contributed by atoms with E-state index in [4.69, 9.17) is 9.84 Å². The summed E-state index contributed by atoms with van der Waals surface area (Å²) in [5.41, 5.74) is 2.19. The molecule has 1 aromatic rings. The number of aliphatic carboxylic acids is 1. The summed E-state index contributed by atoms with van der Waals surface area (Å²) in [6, 6.07) is 6.42. The first-order valence-corrected chi connectivity index (χ1v) is 9.74. The summed E-state index contributed by atoms with van der Waals surface area (Å²) in [5.74, 6) is 0.199. The van der Waals surface area contributed by atoms with Crippen molar-refractivity contribution >= 4 is 11.9 Å². The fraction of sp³-hybridized carbons (Fsp3) is 0.619. The maximum atomic E-state index is 12.5. The van der Waals surface area contributed by atoms with Crippen LogP contribution < -0.4 is 10.1 Å². The zero-order valence-corrected chi connectivity index (χ0v) is 17.0. The second-order valence-corrected chi connectivity index (χ2v) is 7.73. The molecule has 1 amide bonds. The van der Waals surface area contributed by atoms with Gasteiger partial charge in [-0.2, -0.15) is 0 Å². The van der Waals surface area contributed by atoms with Crippen molar-refractivity contribution in [1.29, 1.82) is 0 Å². The fourth-order valence-corrected chi connectivity index (χ4v) is 3.34. The smallest absolute Gasteiger partial charge is 0.317 e. The maximum absolute atomic E-state index is 12.5. The molecule has 0 bridgehead atoms. The van der Waals surface area contributed by atoms with Crippen molar-refractivity contribution in [2.45, 2.75) is 71.6 Å². The predicted octanol–water partition coefficient (Wildman–Crippen LogP) is 2.94. The SMILES string of the molecule is CCN(CC(=O)O)C1CC(NC(=O)C(C)Oc2cc(C(C)C)ccc2C)C1. The Morgan fingerprint density at radius 1 is 1.30 bits per heavy atom. The van der Waals surface area contributed by atoms with Crippen LogP contribution in [-0.2, 0) is 9.59 Å². The molecule has 150 valence electrons. The lowest BCUT2D eigenvalue weighted by Gasteiger charge is -2.42. The van der Waals surface area contributed by atoms with Crippen LogP contribution in [0.5, 0.6) is 5.75 Å². The van der Waals surface area contributed by atoms with E-state index in [0.717, 1.165) is 24.2 Å². The van der Waals surface area contributed by atoms with Crippen LogP contribution in [-0.4, -0.2) is 53.2 Å². The highest BCUT2D eigenvalue weighted by atomic mass is 16.5. The van der Waals surface area contributed by atoms with Gasteiger partial charge in [0, 0.05) is 12.1 Å². The van der Waals surface area contributed by atoms with Crippen LogP contribution >= 0.6 is 0 Å². The first kappa shape index (κ1) is 21.2. The molecule has 6 heteroatoms. The highest BCUT2D eigenvalue weighted by molar-refractivity contribution is 5.81. The Kier molecular flexibility index (Phi) is 7.25. The highest BCUT2D eigenvalue weighted by Crippen LogP contribution is 2.27. The van der Waals surface area contributed by atoms with Gasteiger partial charge in [-0.3, -0.25) is 14.5 Å². The number of carbonyl (C=O) groups is 2. The van der Waals surface area contributed by atoms with Gasteiger partial charge in [0.2, 0.25) is 0 Å². The van der Waals surface area contributed by atoms with E-state index in [9.17, 15) is 9.59 Å². The zero-order chi connectivity index (χ0) is 20.1. The Bertz CT molecular complexity index is 668. The van der Waals surface area contributed by atoms with Gasteiger partial charge >= 0.3 is 5.97 Å². The van der Waals surface area contributed by atoms with E-state index in [1.165, 1.54) is 5.56 Å². The van der Waals surface area contributed by atoms with Crippen molar-refractivity contribution in [2.24, 2.45) is 0 Å². The van der Waals surface area contributed by atoms with Crippen molar-refractivity contribution < 1.29 is 19.4 Å². The number of nitrogens with zero attached hydrogens (tertiary/aromatic N) is 1. The molecule has 1 unspecified atom stereocenters. The number of amides is 1. The van der Waals surface area contributed by atoms with Gasteiger partial charge in [0.1, 0.15) is 5.75 Å². The molecule has 27 heavy (non-hydrogen) atoms. The fourth-order valence-electron chi connectivity index (χ4n) is 3.34. The van der Waals surface area contributed by atoms with Gasteiger partial charge in [-0.1, -0.05) is 32.9 Å². The number of hydrogen-bond donors (Lipinski definition) is 2. The summed E-state index contributed by atoms with van der Waals surface area (Å²) in [6.07, 6.45) is 0.981. The Hall–Kier alpha value is -2.08. The van der Waals surface area contributed by atoms with Crippen molar-refractivity contribution in [3.05, 3.63) is 29.3 Å². The predicted molar refractivity (Wildman–Crippen MR) is 105 cm³/mol. The molecule has 0 saturated heterocycles. The lowest BCUT2D eigenvalue weighted by atomic mass is 9.85. The number of nitrogens with one attached hydrogen (secondary N) is 1. The molecule has 1 aliphatic carbocycles. The Labute approximate surface area is 161 Å². The van der Waals surface area contributed by atoms with Gasteiger partial charge in [-0.25, -0.2) is 0 Å². The molecule has 1 fully saturated rings. The third-order valence-corrected chi connectivity index (χ3v) is 5.27. The molecular formula is C21H32N2O4. The molecule has 1 aromatic carbocycles. The van der Waals surface area contributed by atoms with Crippen LogP contribution in [0.2, 0.25) is 0 Å². The number of carboxylic acid groups (broad SMARTS) is 1. The van der Waals surface area contributed by atoms with Crippen LogP contribution in [0.25, 0.3) is 0 Å². The van der Waals surface area contributed by atoms with Gasteiger partial charge < -0.3 is 15.2 Å². The zero-order valence-electron chi connectivity index (χ0n) is 17.0. The van der Waals surface area contributed by atoms with Crippen LogP contribution in [0, 0.1) is 6.92 Å². The van der Waals surface area contributed by atoms with E-state index in [1.807, 2.05) is 30.9 Å². The summed E-state index contributed by atoms with van der Waals surface area (Å²) < 4.78 is 5.92. The maximum Gasteiger partial charge on any atom is 0.317 e. The molecule has 6 nitrogen and oxygen atoms in total. The van der Waals surface area contributed by atoms with Gasteiger partial charge in [0.15, 0.2) is 6.10 Å². The number of rotatable bonds is 9. The van der Waals surface area contributed by atoms with E-state index in [-0.39, 0.29) is 24.5 Å². The molecule has 0 aliphatic heterocycles. The number of ether oxygens (including phenoxy) is 1. The second kappa shape index (κ2) is 9.22. The Morgan fingerprint density at radius 3 is 2.52 bits per heavy atom. The van der Waals surface area contributed by atoms with Crippen LogP contribution in [0.4, 0.5) is 0 Å². The molecule has 0 heterocycles. The number of likely N-dealkylation sites (N-methyl/N-ethyl adjacent to an activating group) is 1. The number of aryl methyl sites for hydroxylation is 1. The number of carboxylic acids is 1. The minimum Gasteiger partial charge on any atom is -0.481 e. The summed E-state index contributed by atoms with van der Waals surface area (Å²) >= 11 is 0. The third-order valence-electron chi connectivity index (χ3n) is 5.27. The van der Waals surface area contributed by atoms with E-state index in [0.29, 0.717) is 12.5 Å². The normalized spacial score (nSPS) is 20.3. The van der Waals surface area contributed by atoms with Gasteiger partial charge in [-0.15, -0.1) is 0 Å². The molecule has 0 radical (unpaired) electrons. The molecule has 0 aromatic heterocycles. The van der Waals surface area contributed by atoms with E-state index in [1.54, 1.807) is 6.92 Å². The third kappa shape index (κ3) is 5.70. The van der Waals surface area contributed by atoms with Crippen molar-refractivity contribution in [2.75, 3.05) is 13.1 Å². The van der Waals surface area contributed by atoms with E-state index >= 15 is 0 Å².